The number of nitrogens with two attached hydrogens (primary N) is 1. The molecule has 0 aromatic carbocycles. The summed E-state index contributed by atoms with van der Waals surface area (Å²) in [6.07, 6.45) is 4.49. The topological polar surface area (TPSA) is 51.4 Å². The zero-order valence-electron chi connectivity index (χ0n) is 10.6. The zero-order chi connectivity index (χ0) is 12.3. The normalized spacial score (nSPS) is 21.5. The molecule has 4 heteroatoms. The molecule has 1 aliphatic rings. The molecule has 0 spiro atoms. The van der Waals surface area contributed by atoms with Crippen LogP contribution in [0.5, 0.6) is 0 Å². The van der Waals surface area contributed by atoms with E-state index in [1.165, 1.54) is 6.42 Å². The number of hydrogen-bond donors (Lipinski definition) is 1. The number of pyridine rings is 1. The second kappa shape index (κ2) is 5.47. The summed E-state index contributed by atoms with van der Waals surface area (Å²) in [5.74, 6) is 0.968. The van der Waals surface area contributed by atoms with Crippen molar-refractivity contribution >= 4 is 5.82 Å². The average molecular weight is 235 g/mol. The number of anilines is 1. The van der Waals surface area contributed by atoms with E-state index in [1.54, 1.807) is 0 Å². The van der Waals surface area contributed by atoms with E-state index in [0.29, 0.717) is 6.10 Å². The third kappa shape index (κ3) is 3.17. The van der Waals surface area contributed by atoms with Gasteiger partial charge in [0.05, 0.1) is 6.10 Å². The molecule has 1 fully saturated rings. The predicted octanol–water partition coefficient (Wildman–Crippen LogP) is 1.72. The smallest absolute Gasteiger partial charge is 0.128 e. The largest absolute Gasteiger partial charge is 0.376 e. The Bertz CT molecular complexity index is 361. The Hall–Kier alpha value is -1.13. The van der Waals surface area contributed by atoms with Crippen LogP contribution < -0.4 is 10.6 Å². The second-order valence-corrected chi connectivity index (χ2v) is 4.75. The van der Waals surface area contributed by atoms with Gasteiger partial charge in [0.25, 0.3) is 0 Å². The molecular formula is C13H21N3O. The monoisotopic (exact) mass is 235 g/mol. The van der Waals surface area contributed by atoms with E-state index in [9.17, 15) is 0 Å². The predicted molar refractivity (Wildman–Crippen MR) is 69.1 cm³/mol. The Labute approximate surface area is 103 Å². The third-order valence-corrected chi connectivity index (χ3v) is 3.19. The zero-order valence-corrected chi connectivity index (χ0v) is 10.6. The van der Waals surface area contributed by atoms with Crippen LogP contribution in [0.1, 0.15) is 31.4 Å². The van der Waals surface area contributed by atoms with Crippen LogP contribution in [0.2, 0.25) is 0 Å². The van der Waals surface area contributed by atoms with Gasteiger partial charge in [-0.3, -0.25) is 0 Å². The maximum Gasteiger partial charge on any atom is 0.128 e. The molecule has 1 aliphatic heterocycles. The van der Waals surface area contributed by atoms with Crippen molar-refractivity contribution in [3.63, 3.8) is 0 Å². The molecule has 0 amide bonds. The van der Waals surface area contributed by atoms with Crippen molar-refractivity contribution in [1.82, 2.24) is 4.98 Å². The minimum absolute atomic E-state index is 0.0490. The Morgan fingerprint density at radius 1 is 1.65 bits per heavy atom. The van der Waals surface area contributed by atoms with Crippen LogP contribution in [-0.4, -0.2) is 31.3 Å². The fourth-order valence-electron chi connectivity index (χ4n) is 2.11. The SMILES string of the molecule is C[C@@H](N)c1ccnc(N(C)CC2CCCO2)c1. The molecule has 0 radical (unpaired) electrons. The van der Waals surface area contributed by atoms with Crippen LogP contribution in [0, 0.1) is 0 Å². The van der Waals surface area contributed by atoms with E-state index in [-0.39, 0.29) is 6.04 Å². The Kier molecular flexibility index (Phi) is 3.97. The van der Waals surface area contributed by atoms with Crippen LogP contribution in [-0.2, 0) is 4.74 Å². The highest BCUT2D eigenvalue weighted by molar-refractivity contribution is 5.41. The molecule has 1 aromatic rings. The highest BCUT2D eigenvalue weighted by Crippen LogP contribution is 2.18. The van der Waals surface area contributed by atoms with Gasteiger partial charge in [-0.25, -0.2) is 4.98 Å². The summed E-state index contributed by atoms with van der Waals surface area (Å²) in [6, 6.07) is 4.07. The molecule has 2 atom stereocenters. The van der Waals surface area contributed by atoms with E-state index in [2.05, 4.69) is 23.0 Å². The number of hydrogen-bond acceptors (Lipinski definition) is 4. The molecule has 1 saturated heterocycles. The summed E-state index contributed by atoms with van der Waals surface area (Å²) < 4.78 is 5.63. The van der Waals surface area contributed by atoms with Crippen LogP contribution in [0.15, 0.2) is 18.3 Å². The van der Waals surface area contributed by atoms with Crippen molar-refractivity contribution in [2.75, 3.05) is 25.1 Å². The van der Waals surface area contributed by atoms with Crippen molar-refractivity contribution in [2.45, 2.75) is 31.9 Å². The minimum Gasteiger partial charge on any atom is -0.376 e. The first-order chi connectivity index (χ1) is 8.16. The number of ether oxygens (including phenoxy) is 1. The summed E-state index contributed by atoms with van der Waals surface area (Å²) in [5, 5.41) is 0. The van der Waals surface area contributed by atoms with Gasteiger partial charge < -0.3 is 15.4 Å². The average Bonchev–Trinajstić information content (AvgIpc) is 2.82. The molecule has 1 aromatic heterocycles. The van der Waals surface area contributed by atoms with Crippen molar-refractivity contribution in [2.24, 2.45) is 5.73 Å². The number of nitrogens with zero attached hydrogens (tertiary/aromatic N) is 2. The lowest BCUT2D eigenvalue weighted by atomic mass is 10.1. The van der Waals surface area contributed by atoms with Crippen LogP contribution in [0.25, 0.3) is 0 Å². The number of likely N-dealkylation sites (N-methyl/N-ethyl adjacent to an activating group) is 1. The first kappa shape index (κ1) is 12.3. The number of rotatable bonds is 4. The molecule has 17 heavy (non-hydrogen) atoms. The summed E-state index contributed by atoms with van der Waals surface area (Å²) >= 11 is 0. The molecule has 2 heterocycles. The van der Waals surface area contributed by atoms with E-state index >= 15 is 0 Å². The van der Waals surface area contributed by atoms with Crippen molar-refractivity contribution in [1.29, 1.82) is 0 Å². The van der Waals surface area contributed by atoms with Gasteiger partial charge in [0, 0.05) is 32.4 Å². The van der Waals surface area contributed by atoms with Crippen molar-refractivity contribution in [3.05, 3.63) is 23.9 Å². The Morgan fingerprint density at radius 2 is 2.47 bits per heavy atom. The quantitative estimate of drug-likeness (QED) is 0.863. The summed E-state index contributed by atoms with van der Waals surface area (Å²) in [5.41, 5.74) is 6.99. The highest BCUT2D eigenvalue weighted by atomic mass is 16.5. The van der Waals surface area contributed by atoms with Crippen LogP contribution in [0.4, 0.5) is 5.82 Å². The first-order valence-electron chi connectivity index (χ1n) is 6.21. The number of aromatic nitrogens is 1. The van der Waals surface area contributed by atoms with Gasteiger partial charge in [-0.2, -0.15) is 0 Å². The van der Waals surface area contributed by atoms with Crippen LogP contribution >= 0.6 is 0 Å². The molecule has 0 bridgehead atoms. The molecule has 1 unspecified atom stereocenters. The van der Waals surface area contributed by atoms with Gasteiger partial charge in [-0.1, -0.05) is 0 Å². The molecule has 2 N–H and O–H groups in total. The fourth-order valence-corrected chi connectivity index (χ4v) is 2.11. The summed E-state index contributed by atoms with van der Waals surface area (Å²) in [7, 11) is 2.05. The second-order valence-electron chi connectivity index (χ2n) is 4.75. The molecule has 0 saturated carbocycles. The molecule has 94 valence electrons. The fraction of sp³-hybridized carbons (Fsp3) is 0.615. The van der Waals surface area contributed by atoms with Gasteiger partial charge in [-0.05, 0) is 37.5 Å². The van der Waals surface area contributed by atoms with E-state index < -0.39 is 0 Å². The van der Waals surface area contributed by atoms with Crippen LogP contribution in [0.3, 0.4) is 0 Å². The maximum absolute atomic E-state index is 5.88. The molecule has 2 rings (SSSR count). The lowest BCUT2D eigenvalue weighted by Crippen LogP contribution is -2.29. The first-order valence-corrected chi connectivity index (χ1v) is 6.21. The van der Waals surface area contributed by atoms with Gasteiger partial charge >= 0.3 is 0 Å². The van der Waals surface area contributed by atoms with Crippen molar-refractivity contribution < 1.29 is 4.74 Å². The Morgan fingerprint density at radius 3 is 3.12 bits per heavy atom. The maximum atomic E-state index is 5.88. The third-order valence-electron chi connectivity index (χ3n) is 3.19. The van der Waals surface area contributed by atoms with E-state index in [4.69, 9.17) is 10.5 Å². The van der Waals surface area contributed by atoms with Gasteiger partial charge in [0.15, 0.2) is 0 Å². The van der Waals surface area contributed by atoms with Gasteiger partial charge in [0.2, 0.25) is 0 Å². The lowest BCUT2D eigenvalue weighted by molar-refractivity contribution is 0.116. The standard InChI is InChI=1S/C13H21N3O/c1-10(14)11-5-6-15-13(8-11)16(2)9-12-4-3-7-17-12/h5-6,8,10,12H,3-4,7,9,14H2,1-2H3/t10-,12?/m1/s1. The minimum atomic E-state index is 0.0490. The van der Waals surface area contributed by atoms with Crippen molar-refractivity contribution in [3.8, 4) is 0 Å². The molecule has 4 nitrogen and oxygen atoms in total. The van der Waals surface area contributed by atoms with Gasteiger partial charge in [0.1, 0.15) is 5.82 Å². The van der Waals surface area contributed by atoms with E-state index in [0.717, 1.165) is 31.0 Å². The highest BCUT2D eigenvalue weighted by Gasteiger charge is 2.18. The summed E-state index contributed by atoms with van der Waals surface area (Å²) in [6.45, 7) is 3.78. The van der Waals surface area contributed by atoms with Gasteiger partial charge in [-0.15, -0.1) is 0 Å². The molecule has 0 aliphatic carbocycles. The lowest BCUT2D eigenvalue weighted by Gasteiger charge is -2.22. The molecular weight excluding hydrogens is 214 g/mol. The Balaban J connectivity index is 2.02. The summed E-state index contributed by atoms with van der Waals surface area (Å²) in [4.78, 5) is 6.52. The van der Waals surface area contributed by atoms with E-state index in [1.807, 2.05) is 19.2 Å².